The third kappa shape index (κ3) is 4.82. The normalized spacial score (nSPS) is 10.7. The van der Waals surface area contributed by atoms with E-state index in [-0.39, 0.29) is 35.6 Å². The van der Waals surface area contributed by atoms with E-state index in [2.05, 4.69) is 9.97 Å². The van der Waals surface area contributed by atoms with Gasteiger partial charge in [0.15, 0.2) is 0 Å². The number of phenolic OH excluding ortho intramolecular Hbond substituents is 1. The maximum absolute atomic E-state index is 12.0. The van der Waals surface area contributed by atoms with Crippen LogP contribution < -0.4 is 5.73 Å². The van der Waals surface area contributed by atoms with E-state index >= 15 is 0 Å². The highest BCUT2D eigenvalue weighted by Crippen LogP contribution is 2.40. The summed E-state index contributed by atoms with van der Waals surface area (Å²) >= 11 is 6.31. The fourth-order valence-corrected chi connectivity index (χ4v) is 3.90. The minimum atomic E-state index is -0.356. The van der Waals surface area contributed by atoms with Crippen molar-refractivity contribution in [2.24, 2.45) is 0 Å². The van der Waals surface area contributed by atoms with Crippen molar-refractivity contribution >= 4 is 46.8 Å². The summed E-state index contributed by atoms with van der Waals surface area (Å²) in [6.07, 6.45) is 0.631. The molecule has 0 unspecified atom stereocenters. The number of halogens is 2. The van der Waals surface area contributed by atoms with Crippen LogP contribution >= 0.6 is 24.0 Å². The standard InChI is InChI=1S/C24H22ClN3O3.ClH/c1-2-31-21(29)13-15-11-17(24(30)18(25)12-15)22-16(10-14-6-4-3-5-7-14)23-19(27-22)8-9-20(26)28-23;/h3-9,11-12,27,30H,2,10,13H2,1H3,(H2,26,28);1H. The summed E-state index contributed by atoms with van der Waals surface area (Å²) in [5.41, 5.74) is 11.3. The summed E-state index contributed by atoms with van der Waals surface area (Å²) < 4.78 is 5.05. The number of carbonyl (C=O) groups is 1. The van der Waals surface area contributed by atoms with Crippen LogP contribution in [0.2, 0.25) is 5.02 Å². The number of nitrogens with zero attached hydrogens (tertiary/aromatic N) is 1. The number of ether oxygens (including phenoxy) is 1. The molecule has 2 heterocycles. The largest absolute Gasteiger partial charge is 0.506 e. The topological polar surface area (TPSA) is 101 Å². The van der Waals surface area contributed by atoms with Gasteiger partial charge in [-0.1, -0.05) is 41.9 Å². The Hall–Kier alpha value is -3.22. The number of benzene rings is 2. The highest BCUT2D eigenvalue weighted by molar-refractivity contribution is 6.32. The lowest BCUT2D eigenvalue weighted by molar-refractivity contribution is -0.142. The molecule has 0 atom stereocenters. The third-order valence-electron chi connectivity index (χ3n) is 5.03. The number of esters is 1. The Morgan fingerprint density at radius 2 is 1.91 bits per heavy atom. The quantitative estimate of drug-likeness (QED) is 0.331. The van der Waals surface area contributed by atoms with Crippen molar-refractivity contribution in [1.82, 2.24) is 9.97 Å². The third-order valence-corrected chi connectivity index (χ3v) is 5.32. The first kappa shape index (κ1) is 23.4. The average molecular weight is 472 g/mol. The lowest BCUT2D eigenvalue weighted by Gasteiger charge is -2.11. The van der Waals surface area contributed by atoms with Gasteiger partial charge in [0.05, 0.1) is 34.8 Å². The lowest BCUT2D eigenvalue weighted by Crippen LogP contribution is -2.07. The number of pyridine rings is 1. The highest BCUT2D eigenvalue weighted by atomic mass is 35.5. The van der Waals surface area contributed by atoms with Crippen molar-refractivity contribution in [3.63, 3.8) is 0 Å². The zero-order chi connectivity index (χ0) is 22.0. The SMILES string of the molecule is CCOC(=O)Cc1cc(Cl)c(O)c(-c2[nH]c3ccc(N)nc3c2Cc2ccccc2)c1.Cl. The summed E-state index contributed by atoms with van der Waals surface area (Å²) in [5, 5.41) is 10.9. The van der Waals surface area contributed by atoms with Crippen molar-refractivity contribution in [1.29, 1.82) is 0 Å². The van der Waals surface area contributed by atoms with Gasteiger partial charge in [0.25, 0.3) is 0 Å². The van der Waals surface area contributed by atoms with Gasteiger partial charge in [0.2, 0.25) is 0 Å². The Morgan fingerprint density at radius 3 is 2.62 bits per heavy atom. The lowest BCUT2D eigenvalue weighted by atomic mass is 9.98. The molecule has 4 rings (SSSR count). The molecule has 0 radical (unpaired) electrons. The van der Waals surface area contributed by atoms with E-state index in [1.165, 1.54) is 0 Å². The van der Waals surface area contributed by atoms with Crippen LogP contribution in [-0.2, 0) is 22.4 Å². The number of rotatable bonds is 6. The molecule has 0 aliphatic rings. The predicted octanol–water partition coefficient (Wildman–Crippen LogP) is 5.29. The fraction of sp³-hybridized carbons (Fsp3) is 0.167. The second-order valence-electron chi connectivity index (χ2n) is 7.23. The summed E-state index contributed by atoms with van der Waals surface area (Å²) in [6, 6.07) is 16.9. The molecule has 166 valence electrons. The molecule has 0 bridgehead atoms. The predicted molar refractivity (Wildman–Crippen MR) is 129 cm³/mol. The van der Waals surface area contributed by atoms with E-state index in [1.807, 2.05) is 36.4 Å². The van der Waals surface area contributed by atoms with E-state index in [1.54, 1.807) is 25.1 Å². The number of nitrogen functional groups attached to an aromatic ring is 1. The monoisotopic (exact) mass is 471 g/mol. The number of phenols is 1. The number of nitrogens with two attached hydrogens (primary N) is 1. The van der Waals surface area contributed by atoms with Crippen LogP contribution in [-0.4, -0.2) is 27.7 Å². The Labute approximate surface area is 196 Å². The molecule has 0 saturated carbocycles. The molecule has 4 N–H and O–H groups in total. The zero-order valence-electron chi connectivity index (χ0n) is 17.4. The zero-order valence-corrected chi connectivity index (χ0v) is 19.0. The van der Waals surface area contributed by atoms with E-state index in [9.17, 15) is 9.90 Å². The average Bonchev–Trinajstić information content (AvgIpc) is 3.09. The van der Waals surface area contributed by atoms with Crippen LogP contribution in [0.4, 0.5) is 5.82 Å². The van der Waals surface area contributed by atoms with Crippen molar-refractivity contribution in [2.45, 2.75) is 19.8 Å². The van der Waals surface area contributed by atoms with Gasteiger partial charge in [-0.2, -0.15) is 0 Å². The van der Waals surface area contributed by atoms with Gasteiger partial charge in [0.1, 0.15) is 11.6 Å². The van der Waals surface area contributed by atoms with Crippen molar-refractivity contribution in [2.75, 3.05) is 12.3 Å². The smallest absolute Gasteiger partial charge is 0.310 e. The number of hydrogen-bond donors (Lipinski definition) is 3. The number of hydrogen-bond acceptors (Lipinski definition) is 5. The Morgan fingerprint density at radius 1 is 1.16 bits per heavy atom. The van der Waals surface area contributed by atoms with Crippen molar-refractivity contribution in [3.05, 3.63) is 76.3 Å². The van der Waals surface area contributed by atoms with Crippen LogP contribution in [0, 0.1) is 0 Å². The fourth-order valence-electron chi connectivity index (χ4n) is 3.66. The molecule has 0 aliphatic heterocycles. The molecular formula is C24H23Cl2N3O3. The number of fused-ring (bicyclic) bond motifs is 1. The van der Waals surface area contributed by atoms with Crippen LogP contribution in [0.1, 0.15) is 23.6 Å². The molecule has 0 amide bonds. The van der Waals surface area contributed by atoms with Gasteiger partial charge in [0, 0.05) is 17.5 Å². The molecule has 0 saturated heterocycles. The van der Waals surface area contributed by atoms with Crippen LogP contribution in [0.25, 0.3) is 22.3 Å². The first-order valence-electron chi connectivity index (χ1n) is 9.94. The van der Waals surface area contributed by atoms with Gasteiger partial charge in [-0.25, -0.2) is 4.98 Å². The number of aromatic amines is 1. The summed E-state index contributed by atoms with van der Waals surface area (Å²) in [6.45, 7) is 2.06. The number of aromatic hydroxyl groups is 1. The van der Waals surface area contributed by atoms with E-state index in [0.29, 0.717) is 35.7 Å². The number of nitrogens with one attached hydrogen (secondary N) is 1. The Bertz CT molecular complexity index is 1260. The van der Waals surface area contributed by atoms with E-state index < -0.39 is 0 Å². The van der Waals surface area contributed by atoms with Crippen molar-refractivity contribution < 1.29 is 14.6 Å². The molecule has 2 aromatic heterocycles. The summed E-state index contributed by atoms with van der Waals surface area (Å²) in [4.78, 5) is 19.9. The Kier molecular flexibility index (Phi) is 7.28. The van der Waals surface area contributed by atoms with Crippen LogP contribution in [0.5, 0.6) is 5.75 Å². The van der Waals surface area contributed by atoms with Crippen LogP contribution in [0.3, 0.4) is 0 Å². The summed E-state index contributed by atoms with van der Waals surface area (Å²) in [5.74, 6) is -0.0143. The van der Waals surface area contributed by atoms with E-state index in [4.69, 9.17) is 22.1 Å². The second kappa shape index (κ2) is 9.94. The van der Waals surface area contributed by atoms with Gasteiger partial charge < -0.3 is 20.6 Å². The van der Waals surface area contributed by atoms with Gasteiger partial charge in [-0.3, -0.25) is 4.79 Å². The first-order valence-corrected chi connectivity index (χ1v) is 10.3. The molecule has 0 spiro atoms. The second-order valence-corrected chi connectivity index (χ2v) is 7.64. The first-order chi connectivity index (χ1) is 15.0. The maximum Gasteiger partial charge on any atom is 0.310 e. The minimum Gasteiger partial charge on any atom is -0.506 e. The van der Waals surface area contributed by atoms with Gasteiger partial charge in [-0.05, 0) is 42.3 Å². The Balaban J connectivity index is 0.00000289. The number of H-pyrrole nitrogens is 1. The molecule has 0 aliphatic carbocycles. The number of anilines is 1. The van der Waals surface area contributed by atoms with Gasteiger partial charge >= 0.3 is 5.97 Å². The van der Waals surface area contributed by atoms with Gasteiger partial charge in [-0.15, -0.1) is 12.4 Å². The van der Waals surface area contributed by atoms with Crippen molar-refractivity contribution in [3.8, 4) is 17.0 Å². The minimum absolute atomic E-state index is 0. The molecular weight excluding hydrogens is 449 g/mol. The molecule has 0 fully saturated rings. The van der Waals surface area contributed by atoms with Crippen LogP contribution in [0.15, 0.2) is 54.6 Å². The highest BCUT2D eigenvalue weighted by Gasteiger charge is 2.20. The molecule has 8 heteroatoms. The summed E-state index contributed by atoms with van der Waals surface area (Å²) in [7, 11) is 0. The molecule has 32 heavy (non-hydrogen) atoms. The van der Waals surface area contributed by atoms with E-state index in [0.717, 1.165) is 22.2 Å². The maximum atomic E-state index is 12.0. The number of aromatic nitrogens is 2. The molecule has 4 aromatic rings. The molecule has 2 aromatic carbocycles. The molecule has 6 nitrogen and oxygen atoms in total. The number of carbonyl (C=O) groups excluding carboxylic acids is 1.